The van der Waals surface area contributed by atoms with E-state index in [0.29, 0.717) is 0 Å². The Kier molecular flexibility index (Phi) is 3.64. The van der Waals surface area contributed by atoms with Crippen LogP contribution in [-0.2, 0) is 6.42 Å². The lowest BCUT2D eigenvalue weighted by Gasteiger charge is -2.06. The Hall–Kier alpha value is -1.54. The van der Waals surface area contributed by atoms with Crippen molar-refractivity contribution in [3.8, 4) is 11.3 Å². The maximum atomic E-state index is 5.86. The predicted molar refractivity (Wildman–Crippen MR) is 71.0 cm³/mol. The molecule has 0 aliphatic heterocycles. The fourth-order valence-corrected chi connectivity index (χ4v) is 1.83. The fraction of sp³-hybridized carbons (Fsp3) is 0.333. The minimum atomic E-state index is 0.248. The molecule has 0 radical (unpaired) electrons. The number of hydrogen-bond donors (Lipinski definition) is 1. The third-order valence-electron chi connectivity index (χ3n) is 3.11. The van der Waals surface area contributed by atoms with Crippen LogP contribution in [-0.4, -0.2) is 7.05 Å². The molecule has 0 saturated heterocycles. The summed E-state index contributed by atoms with van der Waals surface area (Å²) in [6, 6.07) is 12.8. The van der Waals surface area contributed by atoms with E-state index in [1.54, 1.807) is 0 Å². The summed E-state index contributed by atoms with van der Waals surface area (Å²) in [5.41, 5.74) is 2.49. The van der Waals surface area contributed by atoms with Crippen molar-refractivity contribution in [2.45, 2.75) is 26.3 Å². The third-order valence-corrected chi connectivity index (χ3v) is 3.11. The quantitative estimate of drug-likeness (QED) is 0.863. The number of hydrogen-bond acceptors (Lipinski definition) is 2. The molecule has 1 unspecified atom stereocenters. The van der Waals surface area contributed by atoms with Crippen molar-refractivity contribution in [3.63, 3.8) is 0 Å². The molecule has 2 heteroatoms. The molecule has 0 amide bonds. The summed E-state index contributed by atoms with van der Waals surface area (Å²) in [4.78, 5) is 0. The Morgan fingerprint density at radius 2 is 2.06 bits per heavy atom. The van der Waals surface area contributed by atoms with Crippen molar-refractivity contribution in [2.24, 2.45) is 0 Å². The van der Waals surface area contributed by atoms with E-state index < -0.39 is 0 Å². The van der Waals surface area contributed by atoms with Gasteiger partial charge in [0.2, 0.25) is 0 Å². The van der Waals surface area contributed by atoms with Crippen molar-refractivity contribution in [3.05, 3.63) is 47.7 Å². The van der Waals surface area contributed by atoms with Gasteiger partial charge in [-0.2, -0.15) is 0 Å². The molecule has 0 aliphatic rings. The van der Waals surface area contributed by atoms with E-state index in [1.165, 1.54) is 5.56 Å². The van der Waals surface area contributed by atoms with Crippen molar-refractivity contribution in [2.75, 3.05) is 7.05 Å². The molecule has 0 spiro atoms. The monoisotopic (exact) mass is 229 g/mol. The zero-order valence-electron chi connectivity index (χ0n) is 10.7. The van der Waals surface area contributed by atoms with E-state index in [2.05, 4.69) is 43.4 Å². The highest BCUT2D eigenvalue weighted by atomic mass is 16.3. The highest BCUT2D eigenvalue weighted by Crippen LogP contribution is 2.25. The van der Waals surface area contributed by atoms with E-state index in [1.807, 2.05) is 19.2 Å². The second-order valence-corrected chi connectivity index (χ2v) is 4.27. The summed E-state index contributed by atoms with van der Waals surface area (Å²) in [6.45, 7) is 4.25. The maximum absolute atomic E-state index is 5.86. The first-order valence-electron chi connectivity index (χ1n) is 6.11. The van der Waals surface area contributed by atoms with Crippen LogP contribution in [0.4, 0.5) is 0 Å². The molecule has 0 fully saturated rings. The van der Waals surface area contributed by atoms with Crippen molar-refractivity contribution < 1.29 is 4.42 Å². The normalized spacial score (nSPS) is 12.6. The number of nitrogens with one attached hydrogen (secondary N) is 1. The van der Waals surface area contributed by atoms with Gasteiger partial charge in [-0.05, 0) is 44.2 Å². The second-order valence-electron chi connectivity index (χ2n) is 4.27. The van der Waals surface area contributed by atoms with Crippen LogP contribution in [0.5, 0.6) is 0 Å². The van der Waals surface area contributed by atoms with Crippen molar-refractivity contribution >= 4 is 0 Å². The van der Waals surface area contributed by atoms with Gasteiger partial charge in [-0.1, -0.05) is 25.1 Å². The van der Waals surface area contributed by atoms with Gasteiger partial charge in [0.25, 0.3) is 0 Å². The Bertz CT molecular complexity index is 487. The average Bonchev–Trinajstić information content (AvgIpc) is 2.87. The molecular formula is C15H19NO. The van der Waals surface area contributed by atoms with Gasteiger partial charge in [-0.3, -0.25) is 0 Å². The van der Waals surface area contributed by atoms with E-state index in [4.69, 9.17) is 4.42 Å². The molecule has 2 aromatic rings. The SMILES string of the molecule is CCc1cccc(-c2ccc(C(C)NC)o2)c1. The molecule has 0 aliphatic carbocycles. The van der Waals surface area contributed by atoms with Gasteiger partial charge in [-0.25, -0.2) is 0 Å². The molecule has 90 valence electrons. The number of aryl methyl sites for hydroxylation is 1. The first kappa shape index (κ1) is 11.9. The molecular weight excluding hydrogens is 210 g/mol. The van der Waals surface area contributed by atoms with Gasteiger partial charge in [0, 0.05) is 5.56 Å². The second kappa shape index (κ2) is 5.19. The van der Waals surface area contributed by atoms with Crippen LogP contribution >= 0.6 is 0 Å². The number of rotatable bonds is 4. The molecule has 0 bridgehead atoms. The van der Waals surface area contributed by atoms with Crippen molar-refractivity contribution in [1.82, 2.24) is 5.32 Å². The zero-order chi connectivity index (χ0) is 12.3. The van der Waals surface area contributed by atoms with Gasteiger partial charge in [-0.15, -0.1) is 0 Å². The zero-order valence-corrected chi connectivity index (χ0v) is 10.7. The largest absolute Gasteiger partial charge is 0.459 e. The highest BCUT2D eigenvalue weighted by Gasteiger charge is 2.09. The molecule has 1 atom stereocenters. The third kappa shape index (κ3) is 2.59. The van der Waals surface area contributed by atoms with E-state index in [9.17, 15) is 0 Å². The molecule has 1 heterocycles. The van der Waals surface area contributed by atoms with Gasteiger partial charge < -0.3 is 9.73 Å². The van der Waals surface area contributed by atoms with Crippen LogP contribution in [0.3, 0.4) is 0 Å². The standard InChI is InChI=1S/C15H19NO/c1-4-12-6-5-7-13(10-12)15-9-8-14(17-15)11(2)16-3/h5-11,16H,4H2,1-3H3. The van der Waals surface area contributed by atoms with Crippen LogP contribution in [0.2, 0.25) is 0 Å². The van der Waals surface area contributed by atoms with Crippen LogP contribution in [0.1, 0.15) is 31.2 Å². The molecule has 1 aromatic carbocycles. The van der Waals surface area contributed by atoms with Gasteiger partial charge >= 0.3 is 0 Å². The minimum absolute atomic E-state index is 0.248. The molecule has 2 nitrogen and oxygen atoms in total. The molecule has 1 aromatic heterocycles. The molecule has 2 rings (SSSR count). The first-order chi connectivity index (χ1) is 8.24. The lowest BCUT2D eigenvalue weighted by Crippen LogP contribution is -2.10. The summed E-state index contributed by atoms with van der Waals surface area (Å²) >= 11 is 0. The van der Waals surface area contributed by atoms with Gasteiger partial charge in [0.05, 0.1) is 6.04 Å². The Balaban J connectivity index is 2.30. The molecule has 17 heavy (non-hydrogen) atoms. The van der Waals surface area contributed by atoms with Crippen LogP contribution < -0.4 is 5.32 Å². The van der Waals surface area contributed by atoms with Crippen molar-refractivity contribution in [1.29, 1.82) is 0 Å². The lowest BCUT2D eigenvalue weighted by molar-refractivity contribution is 0.458. The van der Waals surface area contributed by atoms with E-state index >= 15 is 0 Å². The topological polar surface area (TPSA) is 25.2 Å². The fourth-order valence-electron chi connectivity index (χ4n) is 1.83. The molecule has 0 saturated carbocycles. The van der Waals surface area contributed by atoms with E-state index in [0.717, 1.165) is 23.5 Å². The summed E-state index contributed by atoms with van der Waals surface area (Å²) in [5.74, 6) is 1.92. The minimum Gasteiger partial charge on any atom is -0.459 e. The number of benzene rings is 1. The maximum Gasteiger partial charge on any atom is 0.134 e. The summed E-state index contributed by atoms with van der Waals surface area (Å²) in [6.07, 6.45) is 1.05. The Morgan fingerprint density at radius 3 is 2.76 bits per heavy atom. The number of furan rings is 1. The Morgan fingerprint density at radius 1 is 1.24 bits per heavy atom. The lowest BCUT2D eigenvalue weighted by atomic mass is 10.1. The summed E-state index contributed by atoms with van der Waals surface area (Å²) < 4.78 is 5.86. The molecule has 1 N–H and O–H groups in total. The van der Waals surface area contributed by atoms with Gasteiger partial charge in [0.1, 0.15) is 11.5 Å². The predicted octanol–water partition coefficient (Wildman–Crippen LogP) is 3.79. The van der Waals surface area contributed by atoms with Crippen LogP contribution in [0.15, 0.2) is 40.8 Å². The average molecular weight is 229 g/mol. The Labute approximate surface area is 103 Å². The first-order valence-corrected chi connectivity index (χ1v) is 6.11. The van der Waals surface area contributed by atoms with E-state index in [-0.39, 0.29) is 6.04 Å². The smallest absolute Gasteiger partial charge is 0.134 e. The van der Waals surface area contributed by atoms with Gasteiger partial charge in [0.15, 0.2) is 0 Å². The van der Waals surface area contributed by atoms with Crippen LogP contribution in [0, 0.1) is 0 Å². The highest BCUT2D eigenvalue weighted by molar-refractivity contribution is 5.58. The summed E-state index contributed by atoms with van der Waals surface area (Å²) in [7, 11) is 1.94. The summed E-state index contributed by atoms with van der Waals surface area (Å²) in [5, 5.41) is 3.17. The van der Waals surface area contributed by atoms with Crippen LogP contribution in [0.25, 0.3) is 11.3 Å².